The van der Waals surface area contributed by atoms with Crippen molar-refractivity contribution in [1.82, 2.24) is 5.32 Å². The van der Waals surface area contributed by atoms with E-state index in [4.69, 9.17) is 9.47 Å². The molecule has 0 amide bonds. The topological polar surface area (TPSA) is 30.5 Å². The van der Waals surface area contributed by atoms with Crippen molar-refractivity contribution in [3.63, 3.8) is 0 Å². The highest BCUT2D eigenvalue weighted by Crippen LogP contribution is 2.29. The van der Waals surface area contributed by atoms with E-state index in [1.54, 1.807) is 0 Å². The first-order valence-corrected chi connectivity index (χ1v) is 7.74. The van der Waals surface area contributed by atoms with Gasteiger partial charge in [-0.3, -0.25) is 0 Å². The summed E-state index contributed by atoms with van der Waals surface area (Å²) in [5.74, 6) is 0.938. The molecule has 1 saturated carbocycles. The Morgan fingerprint density at radius 1 is 1.20 bits per heavy atom. The van der Waals surface area contributed by atoms with Crippen LogP contribution < -0.4 is 10.1 Å². The lowest BCUT2D eigenvalue weighted by Gasteiger charge is -2.19. The fraction of sp³-hybridized carbons (Fsp3) is 0.647. The van der Waals surface area contributed by atoms with E-state index in [1.165, 1.54) is 18.4 Å². The van der Waals surface area contributed by atoms with E-state index in [9.17, 15) is 0 Å². The zero-order chi connectivity index (χ0) is 14.0. The largest absolute Gasteiger partial charge is 0.491 e. The Bertz CT molecular complexity index is 437. The van der Waals surface area contributed by atoms with Gasteiger partial charge in [-0.25, -0.2) is 0 Å². The molecule has 0 bridgehead atoms. The third-order valence-electron chi connectivity index (χ3n) is 4.09. The lowest BCUT2D eigenvalue weighted by Crippen LogP contribution is -2.23. The van der Waals surface area contributed by atoms with Crippen molar-refractivity contribution in [1.29, 1.82) is 0 Å². The number of nitrogens with one attached hydrogen (secondary N) is 1. The van der Waals surface area contributed by atoms with Crippen LogP contribution in [-0.4, -0.2) is 24.4 Å². The zero-order valence-electron chi connectivity index (χ0n) is 12.5. The summed E-state index contributed by atoms with van der Waals surface area (Å²) in [5, 5.41) is 3.52. The minimum absolute atomic E-state index is 0.0202. The molecule has 1 N–H and O–H groups in total. The first-order chi connectivity index (χ1) is 9.61. The lowest BCUT2D eigenvalue weighted by atomic mass is 10.1. The quantitative estimate of drug-likeness (QED) is 0.864. The van der Waals surface area contributed by atoms with E-state index < -0.39 is 0 Å². The molecule has 0 spiro atoms. The van der Waals surface area contributed by atoms with Crippen LogP contribution in [0.4, 0.5) is 0 Å². The van der Waals surface area contributed by atoms with Crippen LogP contribution in [0.5, 0.6) is 5.75 Å². The van der Waals surface area contributed by atoms with Crippen LogP contribution in [0.1, 0.15) is 45.1 Å². The van der Waals surface area contributed by atoms with Gasteiger partial charge in [-0.2, -0.15) is 0 Å². The van der Waals surface area contributed by atoms with Crippen LogP contribution in [0.2, 0.25) is 0 Å². The molecule has 0 radical (unpaired) electrons. The highest BCUT2D eigenvalue weighted by molar-refractivity contribution is 5.27. The Labute approximate surface area is 121 Å². The highest BCUT2D eigenvalue weighted by Gasteiger charge is 2.31. The molecule has 1 unspecified atom stereocenters. The molecule has 20 heavy (non-hydrogen) atoms. The summed E-state index contributed by atoms with van der Waals surface area (Å²) in [5.41, 5.74) is 1.34. The van der Waals surface area contributed by atoms with Gasteiger partial charge in [0.05, 0.1) is 11.7 Å². The van der Waals surface area contributed by atoms with E-state index in [-0.39, 0.29) is 11.7 Å². The van der Waals surface area contributed by atoms with E-state index in [2.05, 4.69) is 43.4 Å². The number of hydrogen-bond acceptors (Lipinski definition) is 3. The summed E-state index contributed by atoms with van der Waals surface area (Å²) < 4.78 is 11.8. The van der Waals surface area contributed by atoms with Gasteiger partial charge in [0.25, 0.3) is 0 Å². The molecule has 0 aromatic heterocycles. The maximum Gasteiger partial charge on any atom is 0.119 e. The second kappa shape index (κ2) is 5.74. The van der Waals surface area contributed by atoms with E-state index >= 15 is 0 Å². The van der Waals surface area contributed by atoms with Crippen molar-refractivity contribution in [3.05, 3.63) is 29.8 Å². The van der Waals surface area contributed by atoms with Gasteiger partial charge in [0.15, 0.2) is 0 Å². The smallest absolute Gasteiger partial charge is 0.119 e. The average molecular weight is 275 g/mol. The molecule has 1 aromatic rings. The predicted molar refractivity (Wildman–Crippen MR) is 80.0 cm³/mol. The minimum Gasteiger partial charge on any atom is -0.491 e. The SMILES string of the molecule is CC1(C)CCC(COc2ccc(CNC3CC3)cc2)O1. The molecular weight excluding hydrogens is 250 g/mol. The van der Waals surface area contributed by atoms with E-state index in [0.29, 0.717) is 6.61 Å². The summed E-state index contributed by atoms with van der Waals surface area (Å²) in [6.07, 6.45) is 5.11. The van der Waals surface area contributed by atoms with Crippen molar-refractivity contribution in [2.24, 2.45) is 0 Å². The number of rotatable bonds is 6. The first-order valence-electron chi connectivity index (χ1n) is 7.74. The third-order valence-corrected chi connectivity index (χ3v) is 4.09. The Morgan fingerprint density at radius 2 is 1.95 bits per heavy atom. The molecule has 3 nitrogen and oxygen atoms in total. The van der Waals surface area contributed by atoms with Gasteiger partial charge in [-0.1, -0.05) is 12.1 Å². The van der Waals surface area contributed by atoms with Gasteiger partial charge >= 0.3 is 0 Å². The molecule has 3 heteroatoms. The molecular formula is C17H25NO2. The van der Waals surface area contributed by atoms with Crippen molar-refractivity contribution >= 4 is 0 Å². The summed E-state index contributed by atoms with van der Waals surface area (Å²) in [6.45, 7) is 5.91. The van der Waals surface area contributed by atoms with Crippen LogP contribution in [0, 0.1) is 0 Å². The van der Waals surface area contributed by atoms with Gasteiger partial charge in [0, 0.05) is 12.6 Å². The van der Waals surface area contributed by atoms with Crippen LogP contribution >= 0.6 is 0 Å². The van der Waals surface area contributed by atoms with Crippen LogP contribution in [-0.2, 0) is 11.3 Å². The molecule has 1 heterocycles. The molecule has 1 saturated heterocycles. The lowest BCUT2D eigenvalue weighted by molar-refractivity contribution is -0.0326. The monoisotopic (exact) mass is 275 g/mol. The molecule has 1 aliphatic carbocycles. The second-order valence-electron chi connectivity index (χ2n) is 6.65. The van der Waals surface area contributed by atoms with Crippen LogP contribution in [0.15, 0.2) is 24.3 Å². The van der Waals surface area contributed by atoms with E-state index in [1.807, 2.05) is 0 Å². The maximum atomic E-state index is 5.93. The van der Waals surface area contributed by atoms with Gasteiger partial charge in [0.2, 0.25) is 0 Å². The molecule has 110 valence electrons. The van der Waals surface area contributed by atoms with E-state index in [0.717, 1.165) is 31.2 Å². The fourth-order valence-electron chi connectivity index (χ4n) is 2.64. The molecule has 2 fully saturated rings. The summed E-state index contributed by atoms with van der Waals surface area (Å²) in [6, 6.07) is 9.16. The Kier molecular flexibility index (Phi) is 3.99. The number of benzene rings is 1. The molecule has 1 aromatic carbocycles. The second-order valence-corrected chi connectivity index (χ2v) is 6.65. The molecule has 1 atom stereocenters. The normalized spacial score (nSPS) is 24.8. The van der Waals surface area contributed by atoms with Gasteiger partial charge in [-0.05, 0) is 57.2 Å². The Balaban J connectivity index is 1.43. The first kappa shape index (κ1) is 13.9. The minimum atomic E-state index is 0.0202. The third kappa shape index (κ3) is 3.97. The number of hydrogen-bond donors (Lipinski definition) is 1. The molecule has 2 aliphatic rings. The summed E-state index contributed by atoms with van der Waals surface area (Å²) >= 11 is 0. The summed E-state index contributed by atoms with van der Waals surface area (Å²) in [4.78, 5) is 0. The fourth-order valence-corrected chi connectivity index (χ4v) is 2.64. The van der Waals surface area contributed by atoms with Crippen molar-refractivity contribution in [3.8, 4) is 5.75 Å². The van der Waals surface area contributed by atoms with Crippen molar-refractivity contribution in [2.75, 3.05) is 6.61 Å². The standard InChI is InChI=1S/C17H25NO2/c1-17(2)10-9-16(20-17)12-19-15-7-3-13(4-8-15)11-18-14-5-6-14/h3-4,7-8,14,16,18H,5-6,9-12H2,1-2H3. The van der Waals surface area contributed by atoms with Gasteiger partial charge < -0.3 is 14.8 Å². The maximum absolute atomic E-state index is 5.93. The zero-order valence-corrected chi connectivity index (χ0v) is 12.5. The number of ether oxygens (including phenoxy) is 2. The Hall–Kier alpha value is -1.06. The van der Waals surface area contributed by atoms with Crippen LogP contribution in [0.25, 0.3) is 0 Å². The molecule has 3 rings (SSSR count). The van der Waals surface area contributed by atoms with Crippen molar-refractivity contribution < 1.29 is 9.47 Å². The Morgan fingerprint density at radius 3 is 2.55 bits per heavy atom. The molecule has 1 aliphatic heterocycles. The van der Waals surface area contributed by atoms with Crippen LogP contribution in [0.3, 0.4) is 0 Å². The van der Waals surface area contributed by atoms with Gasteiger partial charge in [-0.15, -0.1) is 0 Å². The predicted octanol–water partition coefficient (Wildman–Crippen LogP) is 3.28. The van der Waals surface area contributed by atoms with Crippen molar-refractivity contribution in [2.45, 2.75) is 63.8 Å². The highest BCUT2D eigenvalue weighted by atomic mass is 16.6. The summed E-state index contributed by atoms with van der Waals surface area (Å²) in [7, 11) is 0. The average Bonchev–Trinajstić information content (AvgIpc) is 3.19. The van der Waals surface area contributed by atoms with Gasteiger partial charge in [0.1, 0.15) is 12.4 Å².